The number of rotatable bonds is 9. The molecule has 16 heavy (non-hydrogen) atoms. The van der Waals surface area contributed by atoms with Gasteiger partial charge in [0.15, 0.2) is 0 Å². The van der Waals surface area contributed by atoms with Gasteiger partial charge in [-0.25, -0.2) is 13.1 Å². The fourth-order valence-corrected chi connectivity index (χ4v) is 2.93. The van der Waals surface area contributed by atoms with E-state index >= 15 is 0 Å². The molecule has 0 spiro atoms. The third-order valence-corrected chi connectivity index (χ3v) is 3.81. The summed E-state index contributed by atoms with van der Waals surface area (Å²) >= 11 is 0. The van der Waals surface area contributed by atoms with Crippen molar-refractivity contribution >= 4 is 22.4 Å². The van der Waals surface area contributed by atoms with Crippen molar-refractivity contribution < 1.29 is 8.42 Å². The highest BCUT2D eigenvalue weighted by atomic mass is 35.5. The molecule has 6 heteroatoms. The highest BCUT2D eigenvalue weighted by Crippen LogP contribution is 2.07. The van der Waals surface area contributed by atoms with Crippen LogP contribution in [0.15, 0.2) is 0 Å². The van der Waals surface area contributed by atoms with E-state index in [0.29, 0.717) is 13.1 Å². The largest absolute Gasteiger partial charge is 0.316 e. The molecule has 0 aliphatic rings. The fourth-order valence-electron chi connectivity index (χ4n) is 1.48. The molecule has 0 aromatic rings. The molecule has 0 aliphatic heterocycles. The van der Waals surface area contributed by atoms with E-state index in [0.717, 1.165) is 19.4 Å². The van der Waals surface area contributed by atoms with Gasteiger partial charge in [0.2, 0.25) is 10.0 Å². The minimum Gasteiger partial charge on any atom is -0.316 e. The topological polar surface area (TPSA) is 58.2 Å². The zero-order valence-electron chi connectivity index (χ0n) is 10.5. The quantitative estimate of drug-likeness (QED) is 0.624. The molecule has 0 aromatic heterocycles. The molecule has 100 valence electrons. The van der Waals surface area contributed by atoms with Crippen molar-refractivity contribution in [2.24, 2.45) is 5.92 Å². The van der Waals surface area contributed by atoms with E-state index in [1.54, 1.807) is 0 Å². The third-order valence-electron chi connectivity index (χ3n) is 2.16. The van der Waals surface area contributed by atoms with Crippen molar-refractivity contribution in [3.05, 3.63) is 0 Å². The third kappa shape index (κ3) is 10.7. The predicted octanol–water partition coefficient (Wildman–Crippen LogP) is 1.37. The van der Waals surface area contributed by atoms with Crippen LogP contribution in [0.1, 0.15) is 33.6 Å². The highest BCUT2D eigenvalue weighted by Gasteiger charge is 2.13. The average molecular weight is 273 g/mol. The molecule has 0 saturated heterocycles. The maximum Gasteiger partial charge on any atom is 0.211 e. The summed E-state index contributed by atoms with van der Waals surface area (Å²) in [5, 5.41) is 3.07. The Labute approximate surface area is 106 Å². The molecule has 4 nitrogen and oxygen atoms in total. The van der Waals surface area contributed by atoms with Crippen LogP contribution in [0.3, 0.4) is 0 Å². The maximum atomic E-state index is 11.5. The Bertz CT molecular complexity index is 245. The molecule has 0 amide bonds. The van der Waals surface area contributed by atoms with Gasteiger partial charge in [-0.05, 0) is 18.9 Å². The minimum absolute atomic E-state index is 0. The fraction of sp³-hybridized carbons (Fsp3) is 1.00. The van der Waals surface area contributed by atoms with Crippen molar-refractivity contribution in [3.8, 4) is 0 Å². The van der Waals surface area contributed by atoms with Gasteiger partial charge in [0.1, 0.15) is 0 Å². The molecule has 0 fully saturated rings. The molecule has 0 heterocycles. The highest BCUT2D eigenvalue weighted by molar-refractivity contribution is 7.89. The number of hydrogen-bond donors (Lipinski definition) is 2. The lowest BCUT2D eigenvalue weighted by molar-refractivity contribution is 0.535. The predicted molar refractivity (Wildman–Crippen MR) is 71.7 cm³/mol. The second-order valence-electron chi connectivity index (χ2n) is 3.92. The minimum atomic E-state index is -3.07. The van der Waals surface area contributed by atoms with Crippen molar-refractivity contribution in [2.75, 3.05) is 25.4 Å². The van der Waals surface area contributed by atoms with E-state index in [9.17, 15) is 8.42 Å². The first-order valence-electron chi connectivity index (χ1n) is 5.69. The van der Waals surface area contributed by atoms with Gasteiger partial charge in [-0.1, -0.05) is 27.2 Å². The molecule has 0 radical (unpaired) electrons. The maximum absolute atomic E-state index is 11.5. The van der Waals surface area contributed by atoms with Crippen LogP contribution in [0.2, 0.25) is 0 Å². The van der Waals surface area contributed by atoms with E-state index in [1.807, 2.05) is 13.8 Å². The summed E-state index contributed by atoms with van der Waals surface area (Å²) in [6.07, 6.45) is 2.00. The molecule has 1 atom stereocenters. The standard InChI is InChI=1S/C10H24N2O2S.ClH/c1-4-6-10(3)9-15(13,14)12-8-7-11-5-2;/h10-12H,4-9H2,1-3H3;1H. The summed E-state index contributed by atoms with van der Waals surface area (Å²) in [6, 6.07) is 0. The van der Waals surface area contributed by atoms with Gasteiger partial charge in [0, 0.05) is 13.1 Å². The summed E-state index contributed by atoms with van der Waals surface area (Å²) in [5.74, 6) is 0.485. The van der Waals surface area contributed by atoms with Gasteiger partial charge in [0.05, 0.1) is 5.75 Å². The molecule has 0 aliphatic carbocycles. The van der Waals surface area contributed by atoms with Crippen molar-refractivity contribution in [1.29, 1.82) is 0 Å². The molecule has 2 N–H and O–H groups in total. The first-order valence-corrected chi connectivity index (χ1v) is 7.35. The van der Waals surface area contributed by atoms with E-state index < -0.39 is 10.0 Å². The molecular formula is C10H25ClN2O2S. The zero-order chi connectivity index (χ0) is 11.7. The average Bonchev–Trinajstić information content (AvgIpc) is 2.12. The number of halogens is 1. The summed E-state index contributed by atoms with van der Waals surface area (Å²) in [4.78, 5) is 0. The Morgan fingerprint density at radius 1 is 1.19 bits per heavy atom. The first-order chi connectivity index (χ1) is 7.02. The van der Waals surface area contributed by atoms with E-state index in [4.69, 9.17) is 0 Å². The number of hydrogen-bond acceptors (Lipinski definition) is 3. The monoisotopic (exact) mass is 272 g/mol. The second-order valence-corrected chi connectivity index (χ2v) is 5.77. The van der Waals surface area contributed by atoms with Crippen molar-refractivity contribution in [2.45, 2.75) is 33.6 Å². The Kier molecular flexibility index (Phi) is 12.0. The molecule has 0 bridgehead atoms. The van der Waals surface area contributed by atoms with Crippen molar-refractivity contribution in [3.63, 3.8) is 0 Å². The lowest BCUT2D eigenvalue weighted by atomic mass is 10.1. The SMILES string of the molecule is CCCC(C)CS(=O)(=O)NCCNCC.Cl. The molecule has 1 unspecified atom stereocenters. The summed E-state index contributed by atoms with van der Waals surface area (Å²) in [5.41, 5.74) is 0. The van der Waals surface area contributed by atoms with Crippen LogP contribution in [-0.4, -0.2) is 33.8 Å². The van der Waals surface area contributed by atoms with E-state index in [2.05, 4.69) is 17.0 Å². The van der Waals surface area contributed by atoms with Crippen LogP contribution >= 0.6 is 12.4 Å². The van der Waals surface area contributed by atoms with Gasteiger partial charge in [-0.3, -0.25) is 0 Å². The number of likely N-dealkylation sites (N-methyl/N-ethyl adjacent to an activating group) is 1. The van der Waals surface area contributed by atoms with Crippen LogP contribution in [0, 0.1) is 5.92 Å². The molecular weight excluding hydrogens is 248 g/mol. The Hall–Kier alpha value is 0.160. The Morgan fingerprint density at radius 2 is 1.81 bits per heavy atom. The summed E-state index contributed by atoms with van der Waals surface area (Å²) in [7, 11) is -3.07. The normalized spacial score (nSPS) is 13.2. The number of nitrogens with one attached hydrogen (secondary N) is 2. The summed E-state index contributed by atoms with van der Waals surface area (Å²) in [6.45, 7) is 8.09. The lowest BCUT2D eigenvalue weighted by Gasteiger charge is -2.11. The van der Waals surface area contributed by atoms with Gasteiger partial charge in [-0.15, -0.1) is 12.4 Å². The van der Waals surface area contributed by atoms with Crippen LogP contribution < -0.4 is 10.0 Å². The van der Waals surface area contributed by atoms with Crippen LogP contribution in [0.4, 0.5) is 0 Å². The van der Waals surface area contributed by atoms with Crippen LogP contribution in [-0.2, 0) is 10.0 Å². The molecule has 0 aromatic carbocycles. The second kappa shape index (κ2) is 10.3. The van der Waals surface area contributed by atoms with Crippen LogP contribution in [0.5, 0.6) is 0 Å². The van der Waals surface area contributed by atoms with Gasteiger partial charge in [-0.2, -0.15) is 0 Å². The van der Waals surface area contributed by atoms with Gasteiger partial charge in [0.25, 0.3) is 0 Å². The Balaban J connectivity index is 0. The molecule has 0 saturated carbocycles. The van der Waals surface area contributed by atoms with E-state index in [1.165, 1.54) is 0 Å². The van der Waals surface area contributed by atoms with Crippen LogP contribution in [0.25, 0.3) is 0 Å². The van der Waals surface area contributed by atoms with Crippen molar-refractivity contribution in [1.82, 2.24) is 10.0 Å². The molecule has 0 rings (SSSR count). The lowest BCUT2D eigenvalue weighted by Crippen LogP contribution is -2.34. The number of sulfonamides is 1. The summed E-state index contributed by atoms with van der Waals surface area (Å²) < 4.78 is 25.7. The first kappa shape index (κ1) is 18.5. The smallest absolute Gasteiger partial charge is 0.211 e. The van der Waals surface area contributed by atoms with E-state index in [-0.39, 0.29) is 24.1 Å². The van der Waals surface area contributed by atoms with Gasteiger partial charge >= 0.3 is 0 Å². The zero-order valence-corrected chi connectivity index (χ0v) is 12.1. The Morgan fingerprint density at radius 3 is 2.31 bits per heavy atom. The van der Waals surface area contributed by atoms with Gasteiger partial charge < -0.3 is 5.32 Å².